The molecule has 1 aliphatic heterocycles. The van der Waals surface area contributed by atoms with E-state index in [-0.39, 0.29) is 0 Å². The van der Waals surface area contributed by atoms with E-state index < -0.39 is 0 Å². The zero-order valence-corrected chi connectivity index (χ0v) is 9.41. The Bertz CT molecular complexity index is 370. The molecule has 0 bridgehead atoms. The van der Waals surface area contributed by atoms with Crippen LogP contribution in [-0.2, 0) is 6.42 Å². The normalized spacial score (nSPS) is 26.6. The topological polar surface area (TPSA) is 67.3 Å². The number of nitrogens with one attached hydrogen (secondary N) is 1. The molecule has 1 atom stereocenters. The van der Waals surface area contributed by atoms with E-state index >= 15 is 0 Å². The summed E-state index contributed by atoms with van der Waals surface area (Å²) in [7, 11) is 0. The first-order valence-corrected chi connectivity index (χ1v) is 6.04. The summed E-state index contributed by atoms with van der Waals surface area (Å²) in [5.74, 6) is 1.02. The quantitative estimate of drug-likeness (QED) is 0.726. The number of fused-ring (bicyclic) bond motifs is 1. The fourth-order valence-corrected chi connectivity index (χ4v) is 2.76. The summed E-state index contributed by atoms with van der Waals surface area (Å²) in [4.78, 5) is 6.75. The number of aromatic nitrogens is 1. The van der Waals surface area contributed by atoms with Gasteiger partial charge in [0.2, 0.25) is 0 Å². The third-order valence-electron chi connectivity index (χ3n) is 3.53. The van der Waals surface area contributed by atoms with Crippen LogP contribution in [0.2, 0.25) is 0 Å². The molecule has 5 nitrogen and oxygen atoms in total. The Morgan fingerprint density at radius 2 is 2.19 bits per heavy atom. The van der Waals surface area contributed by atoms with E-state index in [1.54, 1.807) is 0 Å². The molecule has 0 spiro atoms. The van der Waals surface area contributed by atoms with E-state index in [1.165, 1.54) is 12.8 Å². The molecule has 3 N–H and O–H groups in total. The second kappa shape index (κ2) is 4.07. The Kier molecular flexibility index (Phi) is 2.57. The molecule has 2 heterocycles. The van der Waals surface area contributed by atoms with Gasteiger partial charge in [0.25, 0.3) is 6.01 Å². The number of hydrogen-bond acceptors (Lipinski definition) is 5. The van der Waals surface area contributed by atoms with Gasteiger partial charge < -0.3 is 15.5 Å². The fraction of sp³-hybridized carbons (Fsp3) is 0.727. The minimum absolute atomic E-state index is 0.326. The molecule has 1 aliphatic carbocycles. The van der Waals surface area contributed by atoms with Crippen LogP contribution in [0.3, 0.4) is 0 Å². The van der Waals surface area contributed by atoms with Crippen LogP contribution in [0.15, 0.2) is 4.42 Å². The fourth-order valence-electron chi connectivity index (χ4n) is 2.76. The Labute approximate surface area is 95.0 Å². The van der Waals surface area contributed by atoms with Crippen LogP contribution in [0.4, 0.5) is 6.01 Å². The molecule has 1 aromatic heterocycles. The van der Waals surface area contributed by atoms with Crippen LogP contribution < -0.4 is 11.1 Å². The predicted octanol–water partition coefficient (Wildman–Crippen LogP) is 0.539. The minimum Gasteiger partial charge on any atom is -0.427 e. The maximum atomic E-state index is 5.64. The summed E-state index contributed by atoms with van der Waals surface area (Å²) >= 11 is 0. The molecule has 88 valence electrons. The summed E-state index contributed by atoms with van der Waals surface area (Å²) in [6.45, 7) is 4.31. The van der Waals surface area contributed by atoms with Gasteiger partial charge in [0, 0.05) is 26.2 Å². The Balaban J connectivity index is 1.85. The molecule has 16 heavy (non-hydrogen) atoms. The summed E-state index contributed by atoms with van der Waals surface area (Å²) in [5.41, 5.74) is 6.72. The molecule has 0 radical (unpaired) electrons. The van der Waals surface area contributed by atoms with E-state index in [0.717, 1.165) is 44.1 Å². The molecular formula is C11H18N4O. The minimum atomic E-state index is 0.326. The van der Waals surface area contributed by atoms with Crippen molar-refractivity contribution in [3.63, 3.8) is 0 Å². The van der Waals surface area contributed by atoms with Crippen molar-refractivity contribution in [1.29, 1.82) is 0 Å². The van der Waals surface area contributed by atoms with Gasteiger partial charge in [-0.15, -0.1) is 0 Å². The zero-order valence-electron chi connectivity index (χ0n) is 9.41. The number of oxazole rings is 1. The van der Waals surface area contributed by atoms with E-state index in [2.05, 4.69) is 15.2 Å². The van der Waals surface area contributed by atoms with Crippen molar-refractivity contribution in [2.24, 2.45) is 0 Å². The van der Waals surface area contributed by atoms with Crippen molar-refractivity contribution in [3.05, 3.63) is 11.5 Å². The average molecular weight is 222 g/mol. The van der Waals surface area contributed by atoms with Crippen LogP contribution in [0.1, 0.15) is 30.3 Å². The molecule has 1 aromatic rings. The monoisotopic (exact) mass is 222 g/mol. The maximum absolute atomic E-state index is 5.64. The number of nitrogen functional groups attached to an aromatic ring is 1. The highest BCUT2D eigenvalue weighted by atomic mass is 16.4. The van der Waals surface area contributed by atoms with Crippen molar-refractivity contribution in [2.75, 3.05) is 31.9 Å². The molecule has 1 unspecified atom stereocenters. The number of piperazine rings is 1. The lowest BCUT2D eigenvalue weighted by atomic mass is 9.95. The van der Waals surface area contributed by atoms with Crippen LogP contribution in [-0.4, -0.2) is 36.1 Å². The second-order valence-electron chi connectivity index (χ2n) is 4.56. The van der Waals surface area contributed by atoms with Crippen LogP contribution in [0.25, 0.3) is 0 Å². The highest BCUT2D eigenvalue weighted by Gasteiger charge is 2.31. The van der Waals surface area contributed by atoms with Gasteiger partial charge in [-0.1, -0.05) is 0 Å². The molecule has 0 aromatic carbocycles. The lowest BCUT2D eigenvalue weighted by molar-refractivity contribution is 0.139. The molecule has 0 saturated carbocycles. The van der Waals surface area contributed by atoms with E-state index in [4.69, 9.17) is 10.2 Å². The first-order chi connectivity index (χ1) is 7.84. The molecule has 5 heteroatoms. The molecule has 3 rings (SSSR count). The smallest absolute Gasteiger partial charge is 0.292 e. The van der Waals surface area contributed by atoms with Crippen LogP contribution >= 0.6 is 0 Å². The van der Waals surface area contributed by atoms with Crippen molar-refractivity contribution in [3.8, 4) is 0 Å². The molecule has 1 fully saturated rings. The highest BCUT2D eigenvalue weighted by Crippen LogP contribution is 2.35. The first-order valence-electron chi connectivity index (χ1n) is 6.04. The number of anilines is 1. The molecule has 0 amide bonds. The van der Waals surface area contributed by atoms with Crippen LogP contribution in [0.5, 0.6) is 0 Å². The number of nitrogens with zero attached hydrogens (tertiary/aromatic N) is 2. The number of hydrogen-bond donors (Lipinski definition) is 2. The van der Waals surface area contributed by atoms with Gasteiger partial charge in [0.1, 0.15) is 5.76 Å². The van der Waals surface area contributed by atoms with Gasteiger partial charge >= 0.3 is 0 Å². The van der Waals surface area contributed by atoms with Gasteiger partial charge in [-0.2, -0.15) is 4.98 Å². The van der Waals surface area contributed by atoms with Gasteiger partial charge in [-0.3, -0.25) is 4.90 Å². The third kappa shape index (κ3) is 1.70. The van der Waals surface area contributed by atoms with Crippen molar-refractivity contribution in [2.45, 2.75) is 25.3 Å². The van der Waals surface area contributed by atoms with E-state index in [1.807, 2.05) is 0 Å². The van der Waals surface area contributed by atoms with Crippen molar-refractivity contribution >= 4 is 6.01 Å². The van der Waals surface area contributed by atoms with Crippen LogP contribution in [0, 0.1) is 0 Å². The standard InChI is InChI=1S/C11H18N4O/c12-11-14-8-2-1-3-9(10(8)16-11)15-6-4-13-5-7-15/h9,13H,1-7H2,(H2,12,14). The largest absolute Gasteiger partial charge is 0.427 e. The number of rotatable bonds is 1. The molecule has 2 aliphatic rings. The SMILES string of the molecule is Nc1nc2c(o1)C(N1CCNCC1)CCC2. The third-order valence-corrected chi connectivity index (χ3v) is 3.53. The lowest BCUT2D eigenvalue weighted by Crippen LogP contribution is -2.45. The zero-order chi connectivity index (χ0) is 11.0. The van der Waals surface area contributed by atoms with Gasteiger partial charge in [-0.05, 0) is 19.3 Å². The Morgan fingerprint density at radius 3 is 3.00 bits per heavy atom. The average Bonchev–Trinajstić information content (AvgIpc) is 2.70. The van der Waals surface area contributed by atoms with E-state index in [9.17, 15) is 0 Å². The predicted molar refractivity (Wildman–Crippen MR) is 61.0 cm³/mol. The first kappa shape index (κ1) is 10.1. The highest BCUT2D eigenvalue weighted by molar-refractivity contribution is 5.24. The summed E-state index contributed by atoms with van der Waals surface area (Å²) in [5, 5.41) is 3.37. The van der Waals surface area contributed by atoms with Crippen molar-refractivity contribution < 1.29 is 4.42 Å². The van der Waals surface area contributed by atoms with Gasteiger partial charge in [-0.25, -0.2) is 0 Å². The number of aryl methyl sites for hydroxylation is 1. The summed E-state index contributed by atoms with van der Waals surface area (Å²) < 4.78 is 5.58. The maximum Gasteiger partial charge on any atom is 0.292 e. The lowest BCUT2D eigenvalue weighted by Gasteiger charge is -2.35. The van der Waals surface area contributed by atoms with Gasteiger partial charge in [0.05, 0.1) is 11.7 Å². The Morgan fingerprint density at radius 1 is 1.38 bits per heavy atom. The van der Waals surface area contributed by atoms with Crippen molar-refractivity contribution in [1.82, 2.24) is 15.2 Å². The summed E-state index contributed by atoms with van der Waals surface area (Å²) in [6.07, 6.45) is 3.37. The molecular weight excluding hydrogens is 204 g/mol. The summed E-state index contributed by atoms with van der Waals surface area (Å²) in [6, 6.07) is 0.725. The van der Waals surface area contributed by atoms with E-state index in [0.29, 0.717) is 12.1 Å². The second-order valence-corrected chi connectivity index (χ2v) is 4.56. The number of nitrogens with two attached hydrogens (primary N) is 1. The van der Waals surface area contributed by atoms with Gasteiger partial charge in [0.15, 0.2) is 0 Å². The Hall–Kier alpha value is -1.07. The molecule has 1 saturated heterocycles.